The number of carbonyl (C=O) groups is 1. The van der Waals surface area contributed by atoms with Crippen LogP contribution in [-0.2, 0) is 5.33 Å². The van der Waals surface area contributed by atoms with Gasteiger partial charge in [0.25, 0.3) is 5.91 Å². The van der Waals surface area contributed by atoms with E-state index in [1.807, 2.05) is 24.3 Å². The van der Waals surface area contributed by atoms with Gasteiger partial charge in [-0.1, -0.05) is 40.2 Å². The van der Waals surface area contributed by atoms with E-state index in [-0.39, 0.29) is 0 Å². The van der Waals surface area contributed by atoms with Crippen LogP contribution in [-0.4, -0.2) is 20.5 Å². The fourth-order valence-corrected chi connectivity index (χ4v) is 2.41. The van der Waals surface area contributed by atoms with Crippen LogP contribution in [0.25, 0.3) is 16.9 Å². The lowest BCUT2D eigenvalue weighted by molar-refractivity contribution is 0.100. The third-order valence-electron chi connectivity index (χ3n) is 3.05. The first-order valence-electron chi connectivity index (χ1n) is 5.91. The molecule has 1 amide bonds. The summed E-state index contributed by atoms with van der Waals surface area (Å²) in [6.07, 6.45) is 2.51. The van der Waals surface area contributed by atoms with Crippen molar-refractivity contribution in [3.05, 3.63) is 53.9 Å². The summed E-state index contributed by atoms with van der Waals surface area (Å²) in [7, 11) is 0. The number of nitrogens with zero attached hydrogens (tertiary/aromatic N) is 3. The number of nitrogens with two attached hydrogens (primary N) is 1. The second-order valence-corrected chi connectivity index (χ2v) is 4.84. The highest BCUT2D eigenvalue weighted by atomic mass is 79.9. The number of carbonyl (C=O) groups excluding carboxylic acids is 1. The second kappa shape index (κ2) is 5.05. The summed E-state index contributed by atoms with van der Waals surface area (Å²) in [4.78, 5) is 15.3. The lowest BCUT2D eigenvalue weighted by Gasteiger charge is -2.07. The number of benzene rings is 1. The first-order valence-corrected chi connectivity index (χ1v) is 7.04. The highest BCUT2D eigenvalue weighted by molar-refractivity contribution is 9.08. The van der Waals surface area contributed by atoms with Crippen LogP contribution in [0, 0.1) is 6.33 Å². The van der Waals surface area contributed by atoms with Gasteiger partial charge in [0.05, 0.1) is 11.3 Å². The van der Waals surface area contributed by atoms with Gasteiger partial charge < -0.3 is 5.73 Å². The summed E-state index contributed by atoms with van der Waals surface area (Å²) in [6, 6.07) is 11.5. The zero-order chi connectivity index (χ0) is 14.1. The van der Waals surface area contributed by atoms with Gasteiger partial charge in [-0.25, -0.2) is 9.50 Å². The molecule has 20 heavy (non-hydrogen) atoms. The van der Waals surface area contributed by atoms with Crippen molar-refractivity contribution >= 4 is 27.5 Å². The number of pyridine rings is 1. The Morgan fingerprint density at radius 3 is 2.65 bits per heavy atom. The van der Waals surface area contributed by atoms with Crippen molar-refractivity contribution in [2.75, 3.05) is 0 Å². The Balaban J connectivity index is 2.19. The van der Waals surface area contributed by atoms with E-state index in [1.54, 1.807) is 16.6 Å². The van der Waals surface area contributed by atoms with Gasteiger partial charge in [-0.2, -0.15) is 0 Å². The van der Waals surface area contributed by atoms with Crippen molar-refractivity contribution in [1.29, 1.82) is 0 Å². The number of aromatic nitrogens is 3. The minimum Gasteiger partial charge on any atom is -0.365 e. The normalized spacial score (nSPS) is 10.8. The molecule has 3 rings (SSSR count). The van der Waals surface area contributed by atoms with Gasteiger partial charge in [0.2, 0.25) is 6.33 Å². The molecule has 0 aliphatic heterocycles. The third kappa shape index (κ3) is 2.08. The summed E-state index contributed by atoms with van der Waals surface area (Å²) in [5.41, 5.74) is 9.07. The van der Waals surface area contributed by atoms with Crippen molar-refractivity contribution in [1.82, 2.24) is 14.6 Å². The SMILES string of the molecule is NC(=O)c1ccc(-c2ccc(CBr)cc2)n2n[c]nc12. The smallest absolute Gasteiger partial charge is 0.252 e. The summed E-state index contributed by atoms with van der Waals surface area (Å²) in [5, 5.41) is 4.85. The Hall–Kier alpha value is -2.21. The van der Waals surface area contributed by atoms with E-state index in [0.717, 1.165) is 16.6 Å². The number of primary amides is 1. The van der Waals surface area contributed by atoms with Crippen LogP contribution >= 0.6 is 15.9 Å². The van der Waals surface area contributed by atoms with Crippen molar-refractivity contribution in [2.24, 2.45) is 5.73 Å². The molecule has 0 unspecified atom stereocenters. The van der Waals surface area contributed by atoms with Gasteiger partial charge in [-0.3, -0.25) is 4.79 Å². The fraction of sp³-hybridized carbons (Fsp3) is 0.0714. The molecular weight excluding hydrogens is 320 g/mol. The Morgan fingerprint density at radius 1 is 1.25 bits per heavy atom. The minimum atomic E-state index is -0.530. The summed E-state index contributed by atoms with van der Waals surface area (Å²) in [5.74, 6) is -0.530. The molecule has 0 aliphatic rings. The largest absolute Gasteiger partial charge is 0.365 e. The van der Waals surface area contributed by atoms with E-state index in [0.29, 0.717) is 11.2 Å². The molecule has 5 nitrogen and oxygen atoms in total. The highest BCUT2D eigenvalue weighted by Gasteiger charge is 2.13. The number of hydrogen-bond donors (Lipinski definition) is 1. The average Bonchev–Trinajstić information content (AvgIpc) is 2.95. The minimum absolute atomic E-state index is 0.333. The fourth-order valence-electron chi connectivity index (χ4n) is 2.03. The van der Waals surface area contributed by atoms with Crippen molar-refractivity contribution in [3.8, 4) is 11.3 Å². The molecule has 0 saturated heterocycles. The first kappa shape index (κ1) is 12.8. The quantitative estimate of drug-likeness (QED) is 0.748. The average molecular weight is 330 g/mol. The van der Waals surface area contributed by atoms with E-state index in [4.69, 9.17) is 5.73 Å². The van der Waals surface area contributed by atoms with Gasteiger partial charge in [0.1, 0.15) is 0 Å². The van der Waals surface area contributed by atoms with Crippen molar-refractivity contribution < 1.29 is 4.79 Å². The van der Waals surface area contributed by atoms with Gasteiger partial charge in [0.15, 0.2) is 5.65 Å². The molecule has 1 aromatic carbocycles. The molecule has 99 valence electrons. The monoisotopic (exact) mass is 329 g/mol. The zero-order valence-electron chi connectivity index (χ0n) is 10.4. The van der Waals surface area contributed by atoms with E-state index < -0.39 is 5.91 Å². The molecule has 2 heterocycles. The molecule has 1 radical (unpaired) electrons. The number of amides is 1. The Labute approximate surface area is 123 Å². The Kier molecular flexibility index (Phi) is 3.23. The maximum absolute atomic E-state index is 11.4. The molecule has 0 atom stereocenters. The predicted molar refractivity (Wildman–Crippen MR) is 78.4 cm³/mol. The zero-order valence-corrected chi connectivity index (χ0v) is 12.0. The van der Waals surface area contributed by atoms with E-state index in [2.05, 4.69) is 32.3 Å². The van der Waals surface area contributed by atoms with Crippen molar-refractivity contribution in [3.63, 3.8) is 0 Å². The molecule has 6 heteroatoms. The van der Waals surface area contributed by atoms with Crippen LogP contribution in [0.3, 0.4) is 0 Å². The maximum atomic E-state index is 11.4. The van der Waals surface area contributed by atoms with Gasteiger partial charge in [-0.05, 0) is 17.7 Å². The number of rotatable bonds is 3. The van der Waals surface area contributed by atoms with E-state index in [1.165, 1.54) is 5.56 Å². The van der Waals surface area contributed by atoms with Gasteiger partial charge in [0, 0.05) is 10.9 Å². The molecule has 0 saturated carbocycles. The lowest BCUT2D eigenvalue weighted by Crippen LogP contribution is -2.13. The number of halogens is 1. The van der Waals surface area contributed by atoms with Crippen LogP contribution in [0.4, 0.5) is 0 Å². The molecule has 0 bridgehead atoms. The third-order valence-corrected chi connectivity index (χ3v) is 3.70. The van der Waals surface area contributed by atoms with Crippen LogP contribution in [0.15, 0.2) is 36.4 Å². The summed E-state index contributed by atoms with van der Waals surface area (Å²) < 4.78 is 1.57. The first-order chi connectivity index (χ1) is 9.70. The standard InChI is InChI=1S/C14H10BrN4O/c15-7-9-1-3-10(4-2-9)12-6-5-11(13(16)20)14-17-8-18-19(12)14/h1-6H,7H2,(H2,16,20). The maximum Gasteiger partial charge on any atom is 0.252 e. The molecule has 2 N–H and O–H groups in total. The second-order valence-electron chi connectivity index (χ2n) is 4.27. The molecule has 3 aromatic rings. The van der Waals surface area contributed by atoms with Crippen LogP contribution in [0.2, 0.25) is 0 Å². The molecule has 0 spiro atoms. The van der Waals surface area contributed by atoms with Crippen LogP contribution < -0.4 is 5.73 Å². The molecular formula is C14H10BrN4O. The summed E-state index contributed by atoms with van der Waals surface area (Å²) in [6.45, 7) is 0. The van der Waals surface area contributed by atoms with Crippen molar-refractivity contribution in [2.45, 2.75) is 5.33 Å². The number of fused-ring (bicyclic) bond motifs is 1. The van der Waals surface area contributed by atoms with Crippen LogP contribution in [0.1, 0.15) is 15.9 Å². The number of hydrogen-bond acceptors (Lipinski definition) is 3. The number of alkyl halides is 1. The van der Waals surface area contributed by atoms with Gasteiger partial charge in [-0.15, -0.1) is 5.10 Å². The topological polar surface area (TPSA) is 73.3 Å². The van der Waals surface area contributed by atoms with E-state index >= 15 is 0 Å². The summed E-state index contributed by atoms with van der Waals surface area (Å²) >= 11 is 3.41. The Bertz CT molecular complexity index is 779. The Morgan fingerprint density at radius 2 is 2.00 bits per heavy atom. The molecule has 0 fully saturated rings. The lowest BCUT2D eigenvalue weighted by atomic mass is 10.1. The highest BCUT2D eigenvalue weighted by Crippen LogP contribution is 2.22. The van der Waals surface area contributed by atoms with Crippen LogP contribution in [0.5, 0.6) is 0 Å². The predicted octanol–water partition coefficient (Wildman–Crippen LogP) is 2.19. The molecule has 2 aromatic heterocycles. The van der Waals surface area contributed by atoms with Gasteiger partial charge >= 0.3 is 0 Å². The molecule has 0 aliphatic carbocycles. The van der Waals surface area contributed by atoms with E-state index in [9.17, 15) is 4.79 Å².